The summed E-state index contributed by atoms with van der Waals surface area (Å²) in [5.41, 5.74) is 1.26. The Morgan fingerprint density at radius 3 is 2.16 bits per heavy atom. The van der Waals surface area contributed by atoms with Gasteiger partial charge in [0.2, 0.25) is 5.91 Å². The zero-order valence-electron chi connectivity index (χ0n) is 13.8. The molecule has 0 aliphatic carbocycles. The number of anilines is 2. The van der Waals surface area contributed by atoms with E-state index in [9.17, 15) is 19.5 Å². The first kappa shape index (κ1) is 18.0. The summed E-state index contributed by atoms with van der Waals surface area (Å²) >= 11 is 0. The van der Waals surface area contributed by atoms with Crippen molar-refractivity contribution < 1.29 is 24.2 Å². The van der Waals surface area contributed by atoms with E-state index in [1.54, 1.807) is 24.3 Å². The molecule has 0 aromatic heterocycles. The molecule has 1 unspecified atom stereocenters. The number of benzene rings is 2. The molecule has 25 heavy (non-hydrogen) atoms. The molecule has 130 valence electrons. The van der Waals surface area contributed by atoms with Gasteiger partial charge in [-0.3, -0.25) is 9.59 Å². The maximum absolute atomic E-state index is 12.1. The van der Waals surface area contributed by atoms with Crippen molar-refractivity contribution >= 4 is 29.2 Å². The molecule has 0 bridgehead atoms. The Morgan fingerprint density at radius 2 is 1.60 bits per heavy atom. The van der Waals surface area contributed by atoms with E-state index in [4.69, 9.17) is 4.74 Å². The number of carbonyl (C=O) groups excluding carboxylic acids is 3. The van der Waals surface area contributed by atoms with Crippen LogP contribution in [0.4, 0.5) is 11.4 Å². The van der Waals surface area contributed by atoms with Crippen molar-refractivity contribution in [1.82, 2.24) is 0 Å². The maximum Gasteiger partial charge on any atom is 0.339 e. The number of phenolic OH excluding ortho intramolecular Hbond substituents is 1. The maximum atomic E-state index is 12.1. The molecular formula is C18H18N2O5. The molecule has 1 atom stereocenters. The Bertz CT molecular complexity index is 786. The van der Waals surface area contributed by atoms with Crippen molar-refractivity contribution in [2.45, 2.75) is 20.0 Å². The van der Waals surface area contributed by atoms with E-state index in [0.29, 0.717) is 11.4 Å². The molecule has 0 saturated carbocycles. The van der Waals surface area contributed by atoms with Crippen LogP contribution in [0.5, 0.6) is 5.75 Å². The van der Waals surface area contributed by atoms with Gasteiger partial charge in [0.1, 0.15) is 5.75 Å². The number of esters is 1. The van der Waals surface area contributed by atoms with Crippen LogP contribution in [0.2, 0.25) is 0 Å². The third-order valence-corrected chi connectivity index (χ3v) is 3.21. The second kappa shape index (κ2) is 7.96. The Kier molecular flexibility index (Phi) is 5.73. The summed E-state index contributed by atoms with van der Waals surface area (Å²) < 4.78 is 5.08. The first-order chi connectivity index (χ1) is 11.8. The molecule has 2 rings (SSSR count). The second-order valence-corrected chi connectivity index (χ2v) is 5.35. The van der Waals surface area contributed by atoms with Gasteiger partial charge in [-0.05, 0) is 49.4 Å². The average molecular weight is 342 g/mol. The van der Waals surface area contributed by atoms with E-state index in [1.807, 2.05) is 0 Å². The lowest BCUT2D eigenvalue weighted by atomic mass is 10.2. The minimum Gasteiger partial charge on any atom is -0.508 e. The minimum atomic E-state index is -1.02. The van der Waals surface area contributed by atoms with Crippen LogP contribution in [-0.2, 0) is 14.3 Å². The predicted octanol–water partition coefficient (Wildman–Crippen LogP) is 2.53. The number of phenols is 1. The van der Waals surface area contributed by atoms with Crippen LogP contribution >= 0.6 is 0 Å². The molecule has 0 saturated heterocycles. The highest BCUT2D eigenvalue weighted by Gasteiger charge is 2.19. The molecule has 0 aliphatic rings. The summed E-state index contributed by atoms with van der Waals surface area (Å²) in [5.74, 6) is -1.46. The van der Waals surface area contributed by atoms with Crippen LogP contribution in [0, 0.1) is 0 Å². The normalized spacial score (nSPS) is 11.3. The average Bonchev–Trinajstić information content (AvgIpc) is 2.56. The van der Waals surface area contributed by atoms with Crippen LogP contribution in [0.3, 0.4) is 0 Å². The monoisotopic (exact) mass is 342 g/mol. The largest absolute Gasteiger partial charge is 0.508 e. The third-order valence-electron chi connectivity index (χ3n) is 3.21. The lowest BCUT2D eigenvalue weighted by Gasteiger charge is -2.14. The molecule has 0 spiro atoms. The Labute approximate surface area is 144 Å². The van der Waals surface area contributed by atoms with Gasteiger partial charge in [-0.25, -0.2) is 4.79 Å². The van der Waals surface area contributed by atoms with Crippen LogP contribution in [0.15, 0.2) is 48.5 Å². The number of nitrogens with one attached hydrogen (secondary N) is 2. The highest BCUT2D eigenvalue weighted by atomic mass is 16.5. The van der Waals surface area contributed by atoms with E-state index in [1.165, 1.54) is 38.1 Å². The Balaban J connectivity index is 1.93. The van der Waals surface area contributed by atoms with E-state index >= 15 is 0 Å². The van der Waals surface area contributed by atoms with Crippen molar-refractivity contribution in [3.63, 3.8) is 0 Å². The summed E-state index contributed by atoms with van der Waals surface area (Å²) in [6.07, 6.45) is -1.02. The fraction of sp³-hybridized carbons (Fsp3) is 0.167. The molecule has 0 fully saturated rings. The molecule has 0 radical (unpaired) electrons. The summed E-state index contributed by atoms with van der Waals surface area (Å²) in [4.78, 5) is 35.0. The van der Waals surface area contributed by atoms with Crippen molar-refractivity contribution in [3.05, 3.63) is 54.1 Å². The predicted molar refractivity (Wildman–Crippen MR) is 92.4 cm³/mol. The van der Waals surface area contributed by atoms with Gasteiger partial charge < -0.3 is 20.5 Å². The number of carbonyl (C=O) groups is 3. The molecule has 0 aliphatic heterocycles. The first-order valence-electron chi connectivity index (χ1n) is 7.53. The van der Waals surface area contributed by atoms with Crippen LogP contribution < -0.4 is 10.6 Å². The first-order valence-corrected chi connectivity index (χ1v) is 7.53. The van der Waals surface area contributed by atoms with Gasteiger partial charge in [-0.15, -0.1) is 0 Å². The molecule has 2 amide bonds. The van der Waals surface area contributed by atoms with E-state index < -0.39 is 18.0 Å². The lowest BCUT2D eigenvalue weighted by molar-refractivity contribution is -0.123. The van der Waals surface area contributed by atoms with Gasteiger partial charge in [0.05, 0.1) is 5.56 Å². The van der Waals surface area contributed by atoms with Gasteiger partial charge in [0.25, 0.3) is 5.91 Å². The summed E-state index contributed by atoms with van der Waals surface area (Å²) in [6.45, 7) is 2.85. The van der Waals surface area contributed by atoms with Crippen molar-refractivity contribution in [3.8, 4) is 5.75 Å². The summed E-state index contributed by atoms with van der Waals surface area (Å²) in [5, 5.41) is 14.6. The van der Waals surface area contributed by atoms with Crippen molar-refractivity contribution in [2.24, 2.45) is 0 Å². The minimum absolute atomic E-state index is 0.0641. The Morgan fingerprint density at radius 1 is 1.00 bits per heavy atom. The van der Waals surface area contributed by atoms with Crippen molar-refractivity contribution in [2.75, 3.05) is 10.6 Å². The number of aromatic hydroxyl groups is 1. The molecule has 7 heteroatoms. The standard InChI is InChI=1S/C18H18N2O5/c1-11(25-18(24)13-4-3-5-16(22)10-13)17(23)20-15-8-6-14(7-9-15)19-12(2)21/h3-11,22H,1-2H3,(H,19,21)(H,20,23). The number of hydrogen-bond donors (Lipinski definition) is 3. The van der Waals surface area contributed by atoms with Gasteiger partial charge in [0.15, 0.2) is 6.10 Å². The molecule has 0 heterocycles. The van der Waals surface area contributed by atoms with Crippen LogP contribution in [-0.4, -0.2) is 29.0 Å². The van der Waals surface area contributed by atoms with Crippen molar-refractivity contribution in [1.29, 1.82) is 0 Å². The van der Waals surface area contributed by atoms with Gasteiger partial charge in [0, 0.05) is 18.3 Å². The van der Waals surface area contributed by atoms with Crippen LogP contribution in [0.1, 0.15) is 24.2 Å². The summed E-state index contributed by atoms with van der Waals surface area (Å²) in [7, 11) is 0. The van der Waals surface area contributed by atoms with Crippen LogP contribution in [0.25, 0.3) is 0 Å². The quantitative estimate of drug-likeness (QED) is 0.724. The molecule has 2 aromatic rings. The number of rotatable bonds is 5. The topological polar surface area (TPSA) is 105 Å². The number of ether oxygens (including phenoxy) is 1. The molecule has 2 aromatic carbocycles. The van der Waals surface area contributed by atoms with Gasteiger partial charge in [-0.1, -0.05) is 6.07 Å². The van der Waals surface area contributed by atoms with E-state index in [-0.39, 0.29) is 17.2 Å². The Hall–Kier alpha value is -3.35. The zero-order chi connectivity index (χ0) is 18.4. The zero-order valence-corrected chi connectivity index (χ0v) is 13.8. The molecular weight excluding hydrogens is 324 g/mol. The summed E-state index contributed by atoms with van der Waals surface area (Å²) in [6, 6.07) is 12.2. The second-order valence-electron chi connectivity index (χ2n) is 5.35. The van der Waals surface area contributed by atoms with Gasteiger partial charge >= 0.3 is 5.97 Å². The van der Waals surface area contributed by atoms with E-state index in [0.717, 1.165) is 0 Å². The number of amides is 2. The smallest absolute Gasteiger partial charge is 0.339 e. The number of hydrogen-bond acceptors (Lipinski definition) is 5. The highest BCUT2D eigenvalue weighted by Crippen LogP contribution is 2.15. The van der Waals surface area contributed by atoms with E-state index in [2.05, 4.69) is 10.6 Å². The SMILES string of the molecule is CC(=O)Nc1ccc(NC(=O)C(C)OC(=O)c2cccc(O)c2)cc1. The third kappa shape index (κ3) is 5.35. The lowest BCUT2D eigenvalue weighted by Crippen LogP contribution is -2.30. The fourth-order valence-electron chi connectivity index (χ4n) is 2.00. The van der Waals surface area contributed by atoms with Gasteiger partial charge in [-0.2, -0.15) is 0 Å². The highest BCUT2D eigenvalue weighted by molar-refractivity contribution is 5.97. The molecule has 3 N–H and O–H groups in total. The molecule has 7 nitrogen and oxygen atoms in total. The fourth-order valence-corrected chi connectivity index (χ4v) is 2.00.